The molecule has 17 heavy (non-hydrogen) atoms. The standard InChI is InChI=1S/C14H13NOS/c1-14(2)10-8-9(12-4-3-7-17-12)5-6-11(10)15-13(14)16/h3-8H,1-2H3,(H,15,16). The van der Waals surface area contributed by atoms with Crippen LogP contribution in [0, 0.1) is 0 Å². The normalized spacial score (nSPS) is 16.7. The summed E-state index contributed by atoms with van der Waals surface area (Å²) in [6.45, 7) is 3.93. The van der Waals surface area contributed by atoms with E-state index in [2.05, 4.69) is 28.9 Å². The molecule has 86 valence electrons. The van der Waals surface area contributed by atoms with E-state index in [-0.39, 0.29) is 5.91 Å². The van der Waals surface area contributed by atoms with Gasteiger partial charge >= 0.3 is 0 Å². The maximum absolute atomic E-state index is 11.8. The second kappa shape index (κ2) is 3.44. The van der Waals surface area contributed by atoms with Gasteiger partial charge in [-0.3, -0.25) is 4.79 Å². The molecule has 1 N–H and O–H groups in total. The maximum Gasteiger partial charge on any atom is 0.234 e. The van der Waals surface area contributed by atoms with Crippen LogP contribution in [0.4, 0.5) is 5.69 Å². The van der Waals surface area contributed by atoms with Crippen molar-refractivity contribution in [1.29, 1.82) is 0 Å². The Balaban J connectivity index is 2.15. The van der Waals surface area contributed by atoms with Crippen LogP contribution in [-0.2, 0) is 10.2 Å². The smallest absolute Gasteiger partial charge is 0.234 e. The van der Waals surface area contributed by atoms with Crippen LogP contribution in [0.3, 0.4) is 0 Å². The van der Waals surface area contributed by atoms with Gasteiger partial charge in [-0.25, -0.2) is 0 Å². The quantitative estimate of drug-likeness (QED) is 0.814. The highest BCUT2D eigenvalue weighted by Crippen LogP contribution is 2.40. The summed E-state index contributed by atoms with van der Waals surface area (Å²) >= 11 is 1.72. The molecule has 1 aliphatic heterocycles. The minimum Gasteiger partial charge on any atom is -0.325 e. The molecule has 1 amide bonds. The van der Waals surface area contributed by atoms with E-state index >= 15 is 0 Å². The third kappa shape index (κ3) is 1.50. The SMILES string of the molecule is CC1(C)C(=O)Nc2ccc(-c3cccs3)cc21. The van der Waals surface area contributed by atoms with Crippen molar-refractivity contribution in [3.05, 3.63) is 41.3 Å². The number of carbonyl (C=O) groups excluding carboxylic acids is 1. The number of hydrogen-bond donors (Lipinski definition) is 1. The molecule has 0 saturated heterocycles. The van der Waals surface area contributed by atoms with Gasteiger partial charge in [0.1, 0.15) is 0 Å². The first-order valence-corrected chi connectivity index (χ1v) is 6.47. The summed E-state index contributed by atoms with van der Waals surface area (Å²) < 4.78 is 0. The summed E-state index contributed by atoms with van der Waals surface area (Å²) in [6, 6.07) is 10.3. The van der Waals surface area contributed by atoms with Crippen molar-refractivity contribution in [3.63, 3.8) is 0 Å². The monoisotopic (exact) mass is 243 g/mol. The zero-order valence-electron chi connectivity index (χ0n) is 9.78. The number of amides is 1. The Morgan fingerprint density at radius 2 is 2.06 bits per heavy atom. The van der Waals surface area contributed by atoms with Crippen LogP contribution in [0.5, 0.6) is 0 Å². The Morgan fingerprint density at radius 3 is 2.76 bits per heavy atom. The first-order chi connectivity index (χ1) is 8.09. The van der Waals surface area contributed by atoms with E-state index in [4.69, 9.17) is 0 Å². The third-order valence-corrected chi connectivity index (χ3v) is 4.23. The Kier molecular flexibility index (Phi) is 2.13. The Labute approximate surface area is 104 Å². The van der Waals surface area contributed by atoms with Crippen LogP contribution in [-0.4, -0.2) is 5.91 Å². The van der Waals surface area contributed by atoms with Gasteiger partial charge in [-0.2, -0.15) is 0 Å². The highest BCUT2D eigenvalue weighted by molar-refractivity contribution is 7.13. The van der Waals surface area contributed by atoms with E-state index in [0.29, 0.717) is 0 Å². The van der Waals surface area contributed by atoms with Gasteiger partial charge in [-0.1, -0.05) is 12.1 Å². The van der Waals surface area contributed by atoms with E-state index in [9.17, 15) is 4.79 Å². The molecule has 0 fully saturated rings. The molecule has 0 unspecified atom stereocenters. The van der Waals surface area contributed by atoms with Crippen LogP contribution in [0.2, 0.25) is 0 Å². The number of carbonyl (C=O) groups is 1. The van der Waals surface area contributed by atoms with Gasteiger partial charge in [-0.15, -0.1) is 11.3 Å². The van der Waals surface area contributed by atoms with Gasteiger partial charge in [0.05, 0.1) is 5.41 Å². The lowest BCUT2D eigenvalue weighted by Crippen LogP contribution is -2.26. The number of nitrogens with one attached hydrogen (secondary N) is 1. The predicted molar refractivity (Wildman–Crippen MR) is 71.4 cm³/mol. The van der Waals surface area contributed by atoms with E-state index in [0.717, 1.165) is 11.3 Å². The summed E-state index contributed by atoms with van der Waals surface area (Å²) in [5.41, 5.74) is 2.79. The van der Waals surface area contributed by atoms with Crippen molar-refractivity contribution in [3.8, 4) is 10.4 Å². The molecule has 1 aromatic carbocycles. The van der Waals surface area contributed by atoms with Gasteiger partial charge in [0, 0.05) is 10.6 Å². The largest absolute Gasteiger partial charge is 0.325 e. The minimum atomic E-state index is -0.428. The van der Waals surface area contributed by atoms with Crippen LogP contribution >= 0.6 is 11.3 Å². The first kappa shape index (κ1) is 10.5. The molecule has 2 aromatic rings. The molecule has 2 nitrogen and oxygen atoms in total. The number of hydrogen-bond acceptors (Lipinski definition) is 2. The molecule has 3 rings (SSSR count). The number of fused-ring (bicyclic) bond motifs is 1. The lowest BCUT2D eigenvalue weighted by molar-refractivity contribution is -0.119. The summed E-state index contributed by atoms with van der Waals surface area (Å²) in [5.74, 6) is 0.0795. The third-order valence-electron chi connectivity index (χ3n) is 3.31. The zero-order chi connectivity index (χ0) is 12.0. The molecule has 0 aliphatic carbocycles. The fraction of sp³-hybridized carbons (Fsp3) is 0.214. The Morgan fingerprint density at radius 1 is 1.24 bits per heavy atom. The Bertz CT molecular complexity index is 584. The van der Waals surface area contributed by atoms with Crippen molar-refractivity contribution in [1.82, 2.24) is 0 Å². The lowest BCUT2D eigenvalue weighted by Gasteiger charge is -2.15. The van der Waals surface area contributed by atoms with Crippen LogP contribution in [0.1, 0.15) is 19.4 Å². The molecule has 0 spiro atoms. The van der Waals surface area contributed by atoms with Gasteiger partial charge in [0.2, 0.25) is 5.91 Å². The molecule has 0 radical (unpaired) electrons. The molecule has 2 heterocycles. The van der Waals surface area contributed by atoms with Crippen LogP contribution in [0.25, 0.3) is 10.4 Å². The zero-order valence-corrected chi connectivity index (χ0v) is 10.6. The number of anilines is 1. The topological polar surface area (TPSA) is 29.1 Å². The number of rotatable bonds is 1. The lowest BCUT2D eigenvalue weighted by atomic mass is 9.85. The second-order valence-electron chi connectivity index (χ2n) is 4.82. The van der Waals surface area contributed by atoms with Crippen LogP contribution in [0.15, 0.2) is 35.7 Å². The summed E-state index contributed by atoms with van der Waals surface area (Å²) in [6.07, 6.45) is 0. The van der Waals surface area contributed by atoms with Gasteiger partial charge in [0.25, 0.3) is 0 Å². The van der Waals surface area contributed by atoms with Crippen molar-refractivity contribution in [2.75, 3.05) is 5.32 Å². The predicted octanol–water partition coefficient (Wildman–Crippen LogP) is 3.64. The minimum absolute atomic E-state index is 0.0795. The summed E-state index contributed by atoms with van der Waals surface area (Å²) in [7, 11) is 0. The van der Waals surface area contributed by atoms with Gasteiger partial charge in [0.15, 0.2) is 0 Å². The van der Waals surface area contributed by atoms with E-state index in [1.165, 1.54) is 10.4 Å². The van der Waals surface area contributed by atoms with Crippen LogP contribution < -0.4 is 5.32 Å². The van der Waals surface area contributed by atoms with Crippen molar-refractivity contribution >= 4 is 22.9 Å². The summed E-state index contributed by atoms with van der Waals surface area (Å²) in [4.78, 5) is 13.1. The molecular formula is C14H13NOS. The molecule has 3 heteroatoms. The molecular weight excluding hydrogens is 230 g/mol. The van der Waals surface area contributed by atoms with E-state index < -0.39 is 5.41 Å². The molecule has 1 aromatic heterocycles. The average Bonchev–Trinajstić information content (AvgIpc) is 2.88. The number of benzene rings is 1. The average molecular weight is 243 g/mol. The first-order valence-electron chi connectivity index (χ1n) is 5.59. The van der Waals surface area contributed by atoms with Gasteiger partial charge < -0.3 is 5.32 Å². The maximum atomic E-state index is 11.8. The van der Waals surface area contributed by atoms with Crippen molar-refractivity contribution in [2.45, 2.75) is 19.3 Å². The van der Waals surface area contributed by atoms with Crippen molar-refractivity contribution in [2.24, 2.45) is 0 Å². The molecule has 0 bridgehead atoms. The second-order valence-corrected chi connectivity index (χ2v) is 5.76. The summed E-state index contributed by atoms with van der Waals surface area (Å²) in [5, 5.41) is 4.99. The molecule has 1 aliphatic rings. The Hall–Kier alpha value is -1.61. The van der Waals surface area contributed by atoms with E-state index in [1.54, 1.807) is 11.3 Å². The molecule has 0 saturated carbocycles. The van der Waals surface area contributed by atoms with Gasteiger partial charge in [-0.05, 0) is 48.6 Å². The number of thiophene rings is 1. The molecule has 0 atom stereocenters. The highest BCUT2D eigenvalue weighted by Gasteiger charge is 2.38. The highest BCUT2D eigenvalue weighted by atomic mass is 32.1. The fourth-order valence-electron chi connectivity index (χ4n) is 2.17. The fourth-order valence-corrected chi connectivity index (χ4v) is 2.89. The van der Waals surface area contributed by atoms with Crippen molar-refractivity contribution < 1.29 is 4.79 Å². The van der Waals surface area contributed by atoms with E-state index in [1.807, 2.05) is 26.0 Å².